The van der Waals surface area contributed by atoms with Crippen molar-refractivity contribution >= 4 is 49.6 Å². The van der Waals surface area contributed by atoms with E-state index >= 15 is 0 Å². The minimum absolute atomic E-state index is 0.174. The van der Waals surface area contributed by atoms with Gasteiger partial charge in [0.05, 0.1) is 15.5 Å². The molecule has 6 nitrogen and oxygen atoms in total. The average molecular weight is 387 g/mol. The van der Waals surface area contributed by atoms with Gasteiger partial charge in [0.15, 0.2) is 6.61 Å². The number of ether oxygens (including phenoxy) is 1. The summed E-state index contributed by atoms with van der Waals surface area (Å²) in [5.41, 5.74) is 0.444. The molecule has 0 atom stereocenters. The first-order chi connectivity index (χ1) is 12.5. The van der Waals surface area contributed by atoms with E-state index < -0.39 is 29.1 Å². The fraction of sp³-hybridized carbons (Fsp3) is 0.111. The van der Waals surface area contributed by atoms with Crippen molar-refractivity contribution in [2.24, 2.45) is 0 Å². The molecule has 0 bridgehead atoms. The Hall–Kier alpha value is -2.71. The van der Waals surface area contributed by atoms with Crippen LogP contribution in [0.4, 0.5) is 5.69 Å². The van der Waals surface area contributed by atoms with E-state index in [9.17, 15) is 18.0 Å². The van der Waals surface area contributed by atoms with Gasteiger partial charge in [0.2, 0.25) is 5.78 Å². The van der Waals surface area contributed by atoms with Gasteiger partial charge in [-0.1, -0.05) is 30.3 Å². The molecule has 4 rings (SSSR count). The first kappa shape index (κ1) is 16.7. The summed E-state index contributed by atoms with van der Waals surface area (Å²) in [5, 5.41) is 3.13. The lowest BCUT2D eigenvalue weighted by atomic mass is 10.1. The zero-order chi connectivity index (χ0) is 18.3. The van der Waals surface area contributed by atoms with E-state index in [0.717, 1.165) is 9.69 Å². The molecule has 2 aromatic carbocycles. The van der Waals surface area contributed by atoms with E-state index in [2.05, 4.69) is 0 Å². The number of thiophene rings is 1. The Morgan fingerprint density at radius 3 is 2.54 bits per heavy atom. The van der Waals surface area contributed by atoms with Crippen LogP contribution in [0.3, 0.4) is 0 Å². The smallest absolute Gasteiger partial charge is 0.327 e. The molecular formula is C18H13NO5S2. The third-order valence-corrected chi connectivity index (χ3v) is 6.83. The van der Waals surface area contributed by atoms with Gasteiger partial charge in [0, 0.05) is 5.39 Å². The molecule has 132 valence electrons. The zero-order valence-corrected chi connectivity index (χ0v) is 15.0. The van der Waals surface area contributed by atoms with Crippen molar-refractivity contribution in [3.63, 3.8) is 0 Å². The van der Waals surface area contributed by atoms with Crippen molar-refractivity contribution < 1.29 is 22.7 Å². The summed E-state index contributed by atoms with van der Waals surface area (Å²) in [5.74, 6) is -1.09. The van der Waals surface area contributed by atoms with E-state index in [1.807, 2.05) is 12.1 Å². The molecule has 0 radical (unpaired) electrons. The summed E-state index contributed by atoms with van der Waals surface area (Å²) in [6.07, 6.45) is 0. The molecule has 26 heavy (non-hydrogen) atoms. The van der Waals surface area contributed by atoms with Crippen LogP contribution < -0.4 is 4.31 Å². The van der Waals surface area contributed by atoms with Crippen LogP contribution in [-0.2, 0) is 19.6 Å². The molecule has 0 saturated carbocycles. The predicted octanol–water partition coefficient (Wildman–Crippen LogP) is 2.84. The van der Waals surface area contributed by atoms with Crippen molar-refractivity contribution in [2.45, 2.75) is 4.90 Å². The number of Topliss-reactive ketones (excluding diaryl/α,β-unsaturated/α-hetero) is 1. The number of ketones is 1. The maximum atomic E-state index is 12.8. The lowest BCUT2D eigenvalue weighted by molar-refractivity contribution is -0.140. The van der Waals surface area contributed by atoms with Gasteiger partial charge in [-0.2, -0.15) is 0 Å². The average Bonchev–Trinajstić information content (AvgIpc) is 3.23. The van der Waals surface area contributed by atoms with Crippen molar-refractivity contribution in [1.29, 1.82) is 0 Å². The lowest BCUT2D eigenvalue weighted by Gasteiger charge is -2.17. The number of nitrogens with zero attached hydrogens (tertiary/aromatic N) is 1. The predicted molar refractivity (Wildman–Crippen MR) is 98.1 cm³/mol. The van der Waals surface area contributed by atoms with Gasteiger partial charge in [-0.05, 0) is 29.0 Å². The molecular weight excluding hydrogens is 374 g/mol. The monoisotopic (exact) mass is 387 g/mol. The molecule has 1 aliphatic rings. The summed E-state index contributed by atoms with van der Waals surface area (Å²) < 4.78 is 31.6. The molecule has 8 heteroatoms. The molecule has 3 aromatic rings. The Kier molecular flexibility index (Phi) is 4.01. The van der Waals surface area contributed by atoms with Gasteiger partial charge in [-0.3, -0.25) is 13.9 Å². The molecule has 1 aliphatic heterocycles. The summed E-state index contributed by atoms with van der Waals surface area (Å²) in [7, 11) is -3.83. The highest BCUT2D eigenvalue weighted by Crippen LogP contribution is 2.41. The van der Waals surface area contributed by atoms with Crippen LogP contribution in [-0.4, -0.2) is 33.3 Å². The molecule has 0 unspecified atom stereocenters. The van der Waals surface area contributed by atoms with Crippen LogP contribution in [0.5, 0.6) is 0 Å². The maximum Gasteiger partial charge on any atom is 0.327 e. The molecule has 0 N–H and O–H groups in total. The van der Waals surface area contributed by atoms with E-state index in [4.69, 9.17) is 4.74 Å². The SMILES string of the molecule is O=C(CN1c2cccc3cccc(c23)S1(=O)=O)OCC(=O)c1cccs1. The molecule has 2 heterocycles. The maximum absolute atomic E-state index is 12.8. The van der Waals surface area contributed by atoms with Crippen LogP contribution in [0.15, 0.2) is 58.8 Å². The largest absolute Gasteiger partial charge is 0.456 e. The van der Waals surface area contributed by atoms with Crippen molar-refractivity contribution in [3.05, 3.63) is 58.8 Å². The Balaban J connectivity index is 1.55. The number of esters is 1. The number of carbonyl (C=O) groups excluding carboxylic acids is 2. The molecule has 0 aliphatic carbocycles. The minimum Gasteiger partial charge on any atom is -0.456 e. The number of hydrogen-bond acceptors (Lipinski definition) is 6. The first-order valence-electron chi connectivity index (χ1n) is 7.75. The summed E-state index contributed by atoms with van der Waals surface area (Å²) in [6, 6.07) is 13.6. The van der Waals surface area contributed by atoms with Crippen molar-refractivity contribution in [1.82, 2.24) is 0 Å². The standard InChI is InChI=1S/C18H13NO5S2/c20-14(15-7-3-9-25-15)11-24-17(21)10-19-13-6-1-4-12-5-2-8-16(18(12)13)26(19,22)23/h1-9H,10-11H2. The van der Waals surface area contributed by atoms with Gasteiger partial charge >= 0.3 is 5.97 Å². The fourth-order valence-corrected chi connectivity index (χ4v) is 5.25. The first-order valence-corrected chi connectivity index (χ1v) is 10.1. The fourth-order valence-electron chi connectivity index (χ4n) is 2.95. The molecule has 1 aromatic heterocycles. The van der Waals surface area contributed by atoms with Gasteiger partial charge in [-0.15, -0.1) is 11.3 Å². The molecule has 0 spiro atoms. The molecule has 0 fully saturated rings. The second kappa shape index (κ2) is 6.22. The van der Waals surface area contributed by atoms with Crippen LogP contribution >= 0.6 is 11.3 Å². The Bertz CT molecular complexity index is 1110. The Morgan fingerprint density at radius 2 is 1.81 bits per heavy atom. The van der Waals surface area contributed by atoms with Gasteiger partial charge in [0.25, 0.3) is 10.0 Å². The third-order valence-electron chi connectivity index (χ3n) is 4.11. The summed E-state index contributed by atoms with van der Waals surface area (Å²) >= 11 is 1.26. The summed E-state index contributed by atoms with van der Waals surface area (Å²) in [4.78, 5) is 24.7. The highest BCUT2D eigenvalue weighted by atomic mass is 32.2. The number of sulfonamides is 1. The van der Waals surface area contributed by atoms with Crippen molar-refractivity contribution in [3.8, 4) is 0 Å². The second-order valence-corrected chi connectivity index (χ2v) is 8.48. The highest BCUT2D eigenvalue weighted by molar-refractivity contribution is 7.93. The number of carbonyl (C=O) groups is 2. The topological polar surface area (TPSA) is 80.8 Å². The quantitative estimate of drug-likeness (QED) is 0.497. The van der Waals surface area contributed by atoms with Crippen LogP contribution in [0.25, 0.3) is 10.8 Å². The van der Waals surface area contributed by atoms with E-state index in [0.29, 0.717) is 16.0 Å². The van der Waals surface area contributed by atoms with Crippen LogP contribution in [0.1, 0.15) is 9.67 Å². The van der Waals surface area contributed by atoms with Gasteiger partial charge in [-0.25, -0.2) is 8.42 Å². The number of hydrogen-bond donors (Lipinski definition) is 0. The highest BCUT2D eigenvalue weighted by Gasteiger charge is 2.37. The van der Waals surface area contributed by atoms with Crippen LogP contribution in [0.2, 0.25) is 0 Å². The molecule has 0 amide bonds. The number of benzene rings is 2. The van der Waals surface area contributed by atoms with E-state index in [1.165, 1.54) is 17.4 Å². The third kappa shape index (κ3) is 2.67. The lowest BCUT2D eigenvalue weighted by Crippen LogP contribution is -2.34. The van der Waals surface area contributed by atoms with Crippen LogP contribution in [0, 0.1) is 0 Å². The number of rotatable bonds is 5. The van der Waals surface area contributed by atoms with Gasteiger partial charge < -0.3 is 4.74 Å². The normalized spacial score (nSPS) is 14.5. The second-order valence-electron chi connectivity index (χ2n) is 5.70. The number of anilines is 1. The molecule has 0 saturated heterocycles. The van der Waals surface area contributed by atoms with Crippen molar-refractivity contribution in [2.75, 3.05) is 17.5 Å². The van der Waals surface area contributed by atoms with Gasteiger partial charge in [0.1, 0.15) is 6.54 Å². The zero-order valence-electron chi connectivity index (χ0n) is 13.4. The Labute approximate surface area is 153 Å². The Morgan fingerprint density at radius 1 is 1.04 bits per heavy atom. The minimum atomic E-state index is -3.83. The van der Waals surface area contributed by atoms with E-state index in [-0.39, 0.29) is 10.7 Å². The summed E-state index contributed by atoms with van der Waals surface area (Å²) in [6.45, 7) is -0.891. The van der Waals surface area contributed by atoms with E-state index in [1.54, 1.807) is 35.7 Å².